The molecule has 7 heteroatoms. The molecule has 1 aliphatic heterocycles. The second-order valence-electron chi connectivity index (χ2n) is 6.54. The molecule has 122 valence electrons. The van der Waals surface area contributed by atoms with Gasteiger partial charge in [-0.25, -0.2) is 0 Å². The van der Waals surface area contributed by atoms with Crippen LogP contribution in [-0.2, 0) is 9.59 Å². The molecular weight excluding hydrogens is 310 g/mol. The normalized spacial score (nSPS) is 30.6. The molecule has 0 spiro atoms. The van der Waals surface area contributed by atoms with Crippen LogP contribution in [0.2, 0.25) is 0 Å². The molecule has 0 radical (unpaired) electrons. The monoisotopic (exact) mass is 325 g/mol. The van der Waals surface area contributed by atoms with Crippen molar-refractivity contribution in [2.24, 2.45) is 28.8 Å². The summed E-state index contributed by atoms with van der Waals surface area (Å²) in [4.78, 5) is 35.5. The minimum atomic E-state index is -0.466. The van der Waals surface area contributed by atoms with Crippen molar-refractivity contribution in [3.8, 4) is 0 Å². The van der Waals surface area contributed by atoms with Gasteiger partial charge in [-0.2, -0.15) is 10.1 Å². The zero-order valence-corrected chi connectivity index (χ0v) is 13.0. The van der Waals surface area contributed by atoms with Crippen molar-refractivity contribution in [1.82, 2.24) is 5.01 Å². The summed E-state index contributed by atoms with van der Waals surface area (Å²) in [6.45, 7) is 1.65. The van der Waals surface area contributed by atoms with E-state index in [1.807, 2.05) is 12.2 Å². The van der Waals surface area contributed by atoms with Crippen molar-refractivity contribution in [3.05, 3.63) is 51.6 Å². The highest BCUT2D eigenvalue weighted by Crippen LogP contribution is 2.52. The van der Waals surface area contributed by atoms with E-state index in [1.54, 1.807) is 19.1 Å². The summed E-state index contributed by atoms with van der Waals surface area (Å²) >= 11 is 0. The van der Waals surface area contributed by atoms with Crippen molar-refractivity contribution >= 4 is 23.7 Å². The fraction of sp³-hybridized carbons (Fsp3) is 0.353. The topological polar surface area (TPSA) is 92.9 Å². The van der Waals surface area contributed by atoms with Gasteiger partial charge in [0.2, 0.25) is 0 Å². The van der Waals surface area contributed by atoms with Crippen LogP contribution in [0, 0.1) is 40.7 Å². The van der Waals surface area contributed by atoms with Gasteiger partial charge in [0.15, 0.2) is 0 Å². The van der Waals surface area contributed by atoms with Gasteiger partial charge in [-0.15, -0.1) is 0 Å². The SMILES string of the molecule is Cc1ccc(/C=N/N2C(=O)C3C4C=CC(C4)C3C2=O)cc1[N+](=O)[O-]. The fourth-order valence-electron chi connectivity index (χ4n) is 4.03. The Kier molecular flexibility index (Phi) is 3.13. The molecular formula is C17H15N3O4. The zero-order chi connectivity index (χ0) is 17.0. The molecule has 1 saturated heterocycles. The number of amides is 2. The maximum absolute atomic E-state index is 12.5. The van der Waals surface area contributed by atoms with E-state index in [0.717, 1.165) is 11.4 Å². The Morgan fingerprint density at radius 3 is 2.42 bits per heavy atom. The van der Waals surface area contributed by atoms with Crippen LogP contribution >= 0.6 is 0 Å². The zero-order valence-electron chi connectivity index (χ0n) is 13.0. The van der Waals surface area contributed by atoms with Crippen LogP contribution in [0.1, 0.15) is 17.5 Å². The predicted molar refractivity (Wildman–Crippen MR) is 85.0 cm³/mol. The summed E-state index contributed by atoms with van der Waals surface area (Å²) in [6, 6.07) is 4.67. The first kappa shape index (κ1) is 14.7. The quantitative estimate of drug-likeness (QED) is 0.279. The number of nitro benzene ring substituents is 1. The number of benzene rings is 1. The molecule has 4 rings (SSSR count). The van der Waals surface area contributed by atoms with E-state index in [-0.39, 0.29) is 41.2 Å². The number of hydrazone groups is 1. The number of nitrogens with zero attached hydrogens (tertiary/aromatic N) is 3. The van der Waals surface area contributed by atoms with Gasteiger partial charge in [0.05, 0.1) is 23.0 Å². The molecule has 2 amide bonds. The number of imide groups is 1. The van der Waals surface area contributed by atoms with Gasteiger partial charge in [0.1, 0.15) is 0 Å². The molecule has 1 saturated carbocycles. The first-order valence-corrected chi connectivity index (χ1v) is 7.82. The molecule has 1 aromatic rings. The minimum Gasteiger partial charge on any atom is -0.272 e. The summed E-state index contributed by atoms with van der Waals surface area (Å²) in [5.74, 6) is -0.845. The number of fused-ring (bicyclic) bond motifs is 5. The predicted octanol–water partition coefficient (Wildman–Crippen LogP) is 2.04. The number of carbonyl (C=O) groups is 2. The third-order valence-corrected chi connectivity index (χ3v) is 5.20. The molecule has 3 aliphatic rings. The minimum absolute atomic E-state index is 0.0165. The second-order valence-corrected chi connectivity index (χ2v) is 6.54. The lowest BCUT2D eigenvalue weighted by molar-refractivity contribution is -0.385. The van der Waals surface area contributed by atoms with E-state index < -0.39 is 4.92 Å². The number of rotatable bonds is 3. The first-order chi connectivity index (χ1) is 11.5. The Balaban J connectivity index is 1.59. The number of hydrogen-bond acceptors (Lipinski definition) is 5. The van der Waals surface area contributed by atoms with Crippen LogP contribution in [0.5, 0.6) is 0 Å². The highest BCUT2D eigenvalue weighted by atomic mass is 16.6. The van der Waals surface area contributed by atoms with E-state index in [2.05, 4.69) is 5.10 Å². The summed E-state index contributed by atoms with van der Waals surface area (Å²) in [7, 11) is 0. The average Bonchev–Trinajstić information content (AvgIpc) is 3.22. The van der Waals surface area contributed by atoms with Gasteiger partial charge in [-0.1, -0.05) is 24.3 Å². The fourth-order valence-corrected chi connectivity index (χ4v) is 4.03. The Morgan fingerprint density at radius 2 is 1.83 bits per heavy atom. The number of aryl methyl sites for hydroxylation is 1. The van der Waals surface area contributed by atoms with Gasteiger partial charge < -0.3 is 0 Å². The van der Waals surface area contributed by atoms with Gasteiger partial charge >= 0.3 is 0 Å². The van der Waals surface area contributed by atoms with Crippen molar-refractivity contribution in [3.63, 3.8) is 0 Å². The molecule has 2 bridgehead atoms. The van der Waals surface area contributed by atoms with Crippen molar-refractivity contribution in [2.75, 3.05) is 0 Å². The lowest BCUT2D eigenvalue weighted by Crippen LogP contribution is -2.28. The summed E-state index contributed by atoms with van der Waals surface area (Å²) in [5, 5.41) is 15.9. The van der Waals surface area contributed by atoms with Gasteiger partial charge in [0, 0.05) is 17.2 Å². The van der Waals surface area contributed by atoms with Crippen LogP contribution < -0.4 is 0 Å². The molecule has 7 nitrogen and oxygen atoms in total. The van der Waals surface area contributed by atoms with Crippen LogP contribution in [0.25, 0.3) is 0 Å². The number of hydrogen-bond donors (Lipinski definition) is 0. The van der Waals surface area contributed by atoms with E-state index >= 15 is 0 Å². The lowest BCUT2D eigenvalue weighted by Gasteiger charge is -2.13. The van der Waals surface area contributed by atoms with Crippen LogP contribution in [0.3, 0.4) is 0 Å². The molecule has 0 N–H and O–H groups in total. The third kappa shape index (κ3) is 2.01. The standard InChI is InChI=1S/C17H15N3O4/c1-9-2-3-10(6-13(9)20(23)24)8-18-19-16(21)14-11-4-5-12(7-11)15(14)17(19)22/h2-6,8,11-12,14-15H,7H2,1H3/b18-8+. The molecule has 4 unspecified atom stereocenters. The van der Waals surface area contributed by atoms with Crippen molar-refractivity contribution in [2.45, 2.75) is 13.3 Å². The first-order valence-electron chi connectivity index (χ1n) is 7.82. The Hall–Kier alpha value is -2.83. The van der Waals surface area contributed by atoms with Crippen LogP contribution in [0.4, 0.5) is 5.69 Å². The third-order valence-electron chi connectivity index (χ3n) is 5.20. The summed E-state index contributed by atoms with van der Waals surface area (Å²) in [6.07, 6.45) is 6.24. The molecule has 4 atom stereocenters. The van der Waals surface area contributed by atoms with Gasteiger partial charge in [-0.05, 0) is 25.2 Å². The molecule has 1 aromatic carbocycles. The van der Waals surface area contributed by atoms with E-state index in [9.17, 15) is 19.7 Å². The van der Waals surface area contributed by atoms with Crippen LogP contribution in [-0.4, -0.2) is 28.0 Å². The van der Waals surface area contributed by atoms with Crippen molar-refractivity contribution in [1.29, 1.82) is 0 Å². The average molecular weight is 325 g/mol. The van der Waals surface area contributed by atoms with E-state index in [0.29, 0.717) is 11.1 Å². The number of nitro groups is 1. The molecule has 24 heavy (non-hydrogen) atoms. The molecule has 0 aromatic heterocycles. The summed E-state index contributed by atoms with van der Waals surface area (Å²) < 4.78 is 0. The maximum Gasteiger partial charge on any atom is 0.272 e. The Bertz CT molecular complexity index is 799. The highest BCUT2D eigenvalue weighted by molar-refractivity contribution is 6.06. The summed E-state index contributed by atoms with van der Waals surface area (Å²) in [5.41, 5.74) is 1.01. The highest BCUT2D eigenvalue weighted by Gasteiger charge is 2.59. The lowest BCUT2D eigenvalue weighted by atomic mass is 9.85. The largest absolute Gasteiger partial charge is 0.272 e. The van der Waals surface area contributed by atoms with Crippen LogP contribution in [0.15, 0.2) is 35.5 Å². The molecule has 2 fully saturated rings. The van der Waals surface area contributed by atoms with Gasteiger partial charge in [-0.3, -0.25) is 19.7 Å². The number of carbonyl (C=O) groups excluding carboxylic acids is 2. The maximum atomic E-state index is 12.5. The van der Waals surface area contributed by atoms with Crippen molar-refractivity contribution < 1.29 is 14.5 Å². The van der Waals surface area contributed by atoms with E-state index in [4.69, 9.17) is 0 Å². The number of allylic oxidation sites excluding steroid dienone is 2. The van der Waals surface area contributed by atoms with Gasteiger partial charge in [0.25, 0.3) is 17.5 Å². The van der Waals surface area contributed by atoms with E-state index in [1.165, 1.54) is 12.3 Å². The smallest absolute Gasteiger partial charge is 0.272 e. The molecule has 1 heterocycles. The Labute approximate surface area is 137 Å². The second kappa shape index (κ2) is 5.09. The molecule has 2 aliphatic carbocycles. The Morgan fingerprint density at radius 1 is 1.21 bits per heavy atom.